The Hall–Kier alpha value is -3.91. The van der Waals surface area contributed by atoms with E-state index in [4.69, 9.17) is 9.47 Å². The number of hydrogen-bond donors (Lipinski definition) is 1. The molecular weight excluding hydrogens is 646 g/mol. The molecular formula is C38H40BrNO6. The number of nitrogens with zero attached hydrogens (tertiary/aromatic N) is 1. The predicted octanol–water partition coefficient (Wildman–Crippen LogP) is 8.35. The summed E-state index contributed by atoms with van der Waals surface area (Å²) in [6.45, 7) is 10.5. The van der Waals surface area contributed by atoms with Crippen LogP contribution in [0.3, 0.4) is 0 Å². The minimum Gasteiger partial charge on any atom is -0.490 e. The topological polar surface area (TPSA) is 93.1 Å². The second-order valence-corrected chi connectivity index (χ2v) is 15.1. The van der Waals surface area contributed by atoms with E-state index in [2.05, 4.69) is 34.1 Å². The van der Waals surface area contributed by atoms with Crippen LogP contribution in [0.2, 0.25) is 0 Å². The van der Waals surface area contributed by atoms with Gasteiger partial charge in [0.1, 0.15) is 13.2 Å². The van der Waals surface area contributed by atoms with Crippen molar-refractivity contribution in [3.8, 4) is 11.5 Å². The summed E-state index contributed by atoms with van der Waals surface area (Å²) in [5.41, 5.74) is 3.55. The molecule has 2 aliphatic carbocycles. The zero-order chi connectivity index (χ0) is 33.0. The highest BCUT2D eigenvalue weighted by molar-refractivity contribution is 9.10. The molecule has 6 rings (SSSR count). The van der Waals surface area contributed by atoms with Gasteiger partial charge in [-0.05, 0) is 80.6 Å². The number of ether oxygens (including phenoxy) is 2. The number of benzene rings is 3. The Kier molecular flexibility index (Phi) is 8.38. The highest BCUT2D eigenvalue weighted by atomic mass is 79.9. The molecule has 0 atom stereocenters. The fourth-order valence-electron chi connectivity index (χ4n) is 7.43. The van der Waals surface area contributed by atoms with Gasteiger partial charge in [0.2, 0.25) is 0 Å². The number of hydrogen-bond acceptors (Lipinski definition) is 6. The quantitative estimate of drug-likeness (QED) is 0.255. The number of allylic oxidation sites excluding steroid dienone is 4. The van der Waals surface area contributed by atoms with E-state index in [-0.39, 0.29) is 28.9 Å². The van der Waals surface area contributed by atoms with E-state index in [1.54, 1.807) is 4.90 Å². The molecule has 46 heavy (non-hydrogen) atoms. The molecule has 1 heterocycles. The summed E-state index contributed by atoms with van der Waals surface area (Å²) in [5, 5.41) is 12.2. The van der Waals surface area contributed by atoms with Crippen LogP contribution in [-0.2, 0) is 21.0 Å². The predicted molar refractivity (Wildman–Crippen MR) is 181 cm³/mol. The first-order valence-corrected chi connectivity index (χ1v) is 16.7. The second kappa shape index (κ2) is 12.0. The van der Waals surface area contributed by atoms with Crippen LogP contribution in [0.25, 0.3) is 10.8 Å². The number of carbonyl (C=O) groups excluding carboxylic acids is 2. The normalized spacial score (nSPS) is 19.3. The lowest BCUT2D eigenvalue weighted by atomic mass is 9.63. The van der Waals surface area contributed by atoms with Crippen LogP contribution in [-0.4, -0.2) is 40.7 Å². The van der Waals surface area contributed by atoms with Gasteiger partial charge in [-0.15, -0.1) is 0 Å². The van der Waals surface area contributed by atoms with E-state index in [0.717, 1.165) is 21.9 Å². The van der Waals surface area contributed by atoms with Crippen molar-refractivity contribution in [2.75, 3.05) is 13.2 Å². The van der Waals surface area contributed by atoms with Crippen molar-refractivity contribution in [1.29, 1.82) is 0 Å². The molecule has 0 unspecified atom stereocenters. The Morgan fingerprint density at radius 1 is 0.891 bits per heavy atom. The summed E-state index contributed by atoms with van der Waals surface area (Å²) in [4.78, 5) is 42.1. The van der Waals surface area contributed by atoms with Crippen LogP contribution >= 0.6 is 15.9 Å². The first kappa shape index (κ1) is 32.0. The van der Waals surface area contributed by atoms with Crippen molar-refractivity contribution in [2.45, 2.75) is 72.8 Å². The molecule has 0 fully saturated rings. The maximum absolute atomic E-state index is 14.1. The second-order valence-electron chi connectivity index (χ2n) is 14.2. The third-order valence-corrected chi connectivity index (χ3v) is 9.82. The van der Waals surface area contributed by atoms with E-state index in [1.807, 2.05) is 71.0 Å². The van der Waals surface area contributed by atoms with Gasteiger partial charge in [-0.3, -0.25) is 14.4 Å². The molecule has 3 aliphatic rings. The van der Waals surface area contributed by atoms with Gasteiger partial charge in [0.15, 0.2) is 23.1 Å². The van der Waals surface area contributed by atoms with Crippen LogP contribution in [0, 0.1) is 10.8 Å². The molecule has 0 spiro atoms. The van der Waals surface area contributed by atoms with Crippen LogP contribution in [0.4, 0.5) is 0 Å². The molecule has 0 aromatic heterocycles. The first-order chi connectivity index (χ1) is 21.8. The number of halogens is 1. The molecule has 3 aromatic rings. The monoisotopic (exact) mass is 685 g/mol. The van der Waals surface area contributed by atoms with Gasteiger partial charge in [-0.2, -0.15) is 0 Å². The van der Waals surface area contributed by atoms with Gasteiger partial charge in [0.05, 0.1) is 11.1 Å². The van der Waals surface area contributed by atoms with Crippen molar-refractivity contribution in [2.24, 2.45) is 10.8 Å². The summed E-state index contributed by atoms with van der Waals surface area (Å²) in [6.07, 6.45) is 1.71. The van der Waals surface area contributed by atoms with Gasteiger partial charge in [0.25, 0.3) is 0 Å². The first-order valence-electron chi connectivity index (χ1n) is 15.9. The minimum absolute atomic E-state index is 0.0545. The van der Waals surface area contributed by atoms with Gasteiger partial charge in [0, 0.05) is 41.3 Å². The SMILES string of the molecule is CCOc1cc(C2C3=C(CC(C)(C)CC3=O)N(CC(=O)O)C3=C2C(=O)CC(C)(C)C3)cc(Br)c1OCc1cccc2ccccc12. The lowest BCUT2D eigenvalue weighted by Crippen LogP contribution is -2.45. The average molecular weight is 687 g/mol. The van der Waals surface area contributed by atoms with Gasteiger partial charge in [-0.1, -0.05) is 70.2 Å². The Labute approximate surface area is 278 Å². The summed E-state index contributed by atoms with van der Waals surface area (Å²) in [5.74, 6) is -0.695. The van der Waals surface area contributed by atoms with E-state index < -0.39 is 11.9 Å². The van der Waals surface area contributed by atoms with Gasteiger partial charge < -0.3 is 19.5 Å². The summed E-state index contributed by atoms with van der Waals surface area (Å²) in [6, 6.07) is 18.1. The highest BCUT2D eigenvalue weighted by Gasteiger charge is 2.49. The lowest BCUT2D eigenvalue weighted by molar-refractivity contribution is -0.138. The van der Waals surface area contributed by atoms with Crippen molar-refractivity contribution >= 4 is 44.2 Å². The molecule has 3 aromatic carbocycles. The minimum atomic E-state index is -1.00. The van der Waals surface area contributed by atoms with E-state index in [9.17, 15) is 19.5 Å². The number of carboxylic acid groups (broad SMARTS) is 1. The molecule has 0 radical (unpaired) electrons. The Balaban J connectivity index is 1.49. The lowest BCUT2D eigenvalue weighted by Gasteiger charge is -2.48. The summed E-state index contributed by atoms with van der Waals surface area (Å²) >= 11 is 3.75. The molecule has 0 bridgehead atoms. The number of carboxylic acids is 1. The molecule has 0 saturated carbocycles. The summed E-state index contributed by atoms with van der Waals surface area (Å²) in [7, 11) is 0. The maximum Gasteiger partial charge on any atom is 0.323 e. The van der Waals surface area contributed by atoms with Crippen LogP contribution in [0.1, 0.15) is 77.3 Å². The van der Waals surface area contributed by atoms with E-state index >= 15 is 0 Å². The molecule has 7 nitrogen and oxygen atoms in total. The number of rotatable bonds is 8. The third kappa shape index (κ3) is 5.99. The number of aliphatic carboxylic acids is 1. The Morgan fingerprint density at radius 3 is 2.11 bits per heavy atom. The van der Waals surface area contributed by atoms with Crippen LogP contribution < -0.4 is 9.47 Å². The fourth-order valence-corrected chi connectivity index (χ4v) is 8.01. The van der Waals surface area contributed by atoms with E-state index in [1.165, 1.54) is 0 Å². The van der Waals surface area contributed by atoms with Gasteiger partial charge >= 0.3 is 5.97 Å². The summed E-state index contributed by atoms with van der Waals surface area (Å²) < 4.78 is 13.2. The average Bonchev–Trinajstić information content (AvgIpc) is 2.96. The smallest absolute Gasteiger partial charge is 0.323 e. The molecule has 8 heteroatoms. The maximum atomic E-state index is 14.1. The number of Topliss-reactive ketones (excluding diaryl/α,β-unsaturated/α-hetero) is 2. The Morgan fingerprint density at radius 2 is 1.50 bits per heavy atom. The number of ketones is 2. The molecule has 240 valence electrons. The molecule has 1 N–H and O–H groups in total. The number of fused-ring (bicyclic) bond motifs is 1. The standard InChI is InChI=1S/C38H40BrNO6/c1-6-45-31-15-24(14-26(39)36(31)46-21-23-12-9-11-22-10-7-8-13-25(22)23)33-34-27(16-37(2,3)18-29(34)41)40(20-32(43)44)28-17-38(4,5)19-30(42)35(28)33/h7-15,33H,6,16-21H2,1-5H3,(H,43,44). The third-order valence-electron chi connectivity index (χ3n) is 9.23. The molecule has 0 saturated heterocycles. The van der Waals surface area contributed by atoms with Crippen molar-refractivity contribution in [3.63, 3.8) is 0 Å². The largest absolute Gasteiger partial charge is 0.490 e. The van der Waals surface area contributed by atoms with Crippen LogP contribution in [0.5, 0.6) is 11.5 Å². The van der Waals surface area contributed by atoms with Crippen LogP contribution in [0.15, 0.2) is 81.6 Å². The number of carbonyl (C=O) groups is 3. The van der Waals surface area contributed by atoms with Crippen molar-refractivity contribution in [3.05, 3.63) is 92.7 Å². The highest BCUT2D eigenvalue weighted by Crippen LogP contribution is 2.55. The van der Waals surface area contributed by atoms with Crippen molar-refractivity contribution in [1.82, 2.24) is 4.90 Å². The zero-order valence-corrected chi connectivity index (χ0v) is 28.6. The van der Waals surface area contributed by atoms with Crippen molar-refractivity contribution < 1.29 is 29.0 Å². The van der Waals surface area contributed by atoms with E-state index in [0.29, 0.717) is 77.4 Å². The van der Waals surface area contributed by atoms with Gasteiger partial charge in [-0.25, -0.2) is 0 Å². The zero-order valence-electron chi connectivity index (χ0n) is 27.0. The molecule has 0 amide bonds. The molecule has 1 aliphatic heterocycles. The Bertz CT molecular complexity index is 1770. The fraction of sp³-hybridized carbons (Fsp3) is 0.395.